The number of aromatic nitrogens is 1. The van der Waals surface area contributed by atoms with Gasteiger partial charge in [-0.25, -0.2) is 4.98 Å². The summed E-state index contributed by atoms with van der Waals surface area (Å²) >= 11 is 11.6. The summed E-state index contributed by atoms with van der Waals surface area (Å²) in [5, 5.41) is 3.33. The third-order valence-corrected chi connectivity index (χ3v) is 3.94. The highest BCUT2D eigenvalue weighted by Crippen LogP contribution is 2.16. The van der Waals surface area contributed by atoms with Gasteiger partial charge in [-0.05, 0) is 44.0 Å². The van der Waals surface area contributed by atoms with Crippen molar-refractivity contribution in [2.24, 2.45) is 5.92 Å². The molecule has 1 amide bonds. The van der Waals surface area contributed by atoms with E-state index in [2.05, 4.69) is 22.1 Å². The second-order valence-electron chi connectivity index (χ2n) is 5.30. The van der Waals surface area contributed by atoms with Gasteiger partial charge in [0.25, 0.3) is 5.91 Å². The molecule has 1 aromatic heterocycles. The van der Waals surface area contributed by atoms with Gasteiger partial charge in [-0.1, -0.05) is 30.1 Å². The van der Waals surface area contributed by atoms with E-state index in [0.29, 0.717) is 18.0 Å². The van der Waals surface area contributed by atoms with Crippen molar-refractivity contribution in [1.82, 2.24) is 15.2 Å². The van der Waals surface area contributed by atoms with Gasteiger partial charge in [-0.15, -0.1) is 0 Å². The zero-order valence-electron chi connectivity index (χ0n) is 11.5. The minimum atomic E-state index is -0.201. The average molecular weight is 316 g/mol. The Bertz CT molecular complexity index is 475. The predicted molar refractivity (Wildman–Crippen MR) is 81.4 cm³/mol. The predicted octanol–water partition coefficient (Wildman–Crippen LogP) is 2.85. The number of nitrogens with one attached hydrogen (secondary N) is 1. The van der Waals surface area contributed by atoms with Crippen molar-refractivity contribution in [3.63, 3.8) is 0 Å². The Labute approximate surface area is 129 Å². The zero-order chi connectivity index (χ0) is 14.5. The number of likely N-dealkylation sites (tertiary alicyclic amines) is 1. The lowest BCUT2D eigenvalue weighted by atomic mass is 10.1. The van der Waals surface area contributed by atoms with E-state index in [1.807, 2.05) is 0 Å². The van der Waals surface area contributed by atoms with Crippen LogP contribution in [0.4, 0.5) is 0 Å². The molecule has 1 saturated heterocycles. The molecule has 110 valence electrons. The van der Waals surface area contributed by atoms with E-state index in [1.54, 1.807) is 12.1 Å². The molecule has 1 unspecified atom stereocenters. The van der Waals surface area contributed by atoms with Gasteiger partial charge in [0, 0.05) is 13.1 Å². The fourth-order valence-electron chi connectivity index (χ4n) is 2.41. The van der Waals surface area contributed by atoms with Crippen LogP contribution in [0.1, 0.15) is 30.1 Å². The Morgan fingerprint density at radius 3 is 2.75 bits per heavy atom. The second kappa shape index (κ2) is 7.25. The number of amides is 1. The van der Waals surface area contributed by atoms with Gasteiger partial charge in [0.1, 0.15) is 10.3 Å². The maximum Gasteiger partial charge on any atom is 0.254 e. The third-order valence-electron chi connectivity index (χ3n) is 3.44. The first-order valence-corrected chi connectivity index (χ1v) is 7.64. The summed E-state index contributed by atoms with van der Waals surface area (Å²) in [6.45, 7) is 6.14. The Balaban J connectivity index is 1.81. The Kier molecular flexibility index (Phi) is 5.64. The number of pyridine rings is 1. The molecule has 1 aromatic rings. The van der Waals surface area contributed by atoms with Crippen LogP contribution in [0.3, 0.4) is 0 Å². The summed E-state index contributed by atoms with van der Waals surface area (Å²) in [7, 11) is 0. The summed E-state index contributed by atoms with van der Waals surface area (Å²) in [6.07, 6.45) is 2.57. The lowest BCUT2D eigenvalue weighted by molar-refractivity contribution is 0.0945. The van der Waals surface area contributed by atoms with Crippen molar-refractivity contribution < 1.29 is 4.79 Å². The minimum absolute atomic E-state index is 0.141. The van der Waals surface area contributed by atoms with Crippen LogP contribution in [-0.2, 0) is 0 Å². The van der Waals surface area contributed by atoms with Crippen molar-refractivity contribution in [1.29, 1.82) is 0 Å². The van der Waals surface area contributed by atoms with Gasteiger partial charge in [0.2, 0.25) is 0 Å². The summed E-state index contributed by atoms with van der Waals surface area (Å²) in [4.78, 5) is 18.3. The maximum atomic E-state index is 12.0. The number of halogens is 2. The fraction of sp³-hybridized carbons (Fsp3) is 0.571. The van der Waals surface area contributed by atoms with Crippen LogP contribution in [0.2, 0.25) is 10.3 Å². The van der Waals surface area contributed by atoms with Crippen molar-refractivity contribution in [2.45, 2.75) is 19.8 Å². The van der Waals surface area contributed by atoms with E-state index in [-0.39, 0.29) is 16.2 Å². The molecule has 1 fully saturated rings. The van der Waals surface area contributed by atoms with Crippen molar-refractivity contribution in [3.8, 4) is 0 Å². The highest BCUT2D eigenvalue weighted by Gasteiger charge is 2.16. The maximum absolute atomic E-state index is 12.0. The summed E-state index contributed by atoms with van der Waals surface area (Å²) < 4.78 is 0. The standard InChI is InChI=1S/C14H19Cl2N3O/c1-10(9-19-6-2-3-7-19)8-17-14(20)11-4-5-12(15)18-13(11)16/h4-5,10H,2-3,6-9H2,1H3,(H,17,20). The first-order valence-electron chi connectivity index (χ1n) is 6.89. The molecular formula is C14H19Cl2N3O. The molecule has 2 rings (SSSR count). The molecule has 1 aliphatic rings. The molecule has 1 aliphatic heterocycles. The Hall–Kier alpha value is -0.840. The van der Waals surface area contributed by atoms with Crippen LogP contribution in [0.25, 0.3) is 0 Å². The molecule has 4 nitrogen and oxygen atoms in total. The quantitative estimate of drug-likeness (QED) is 0.850. The average Bonchev–Trinajstić information content (AvgIpc) is 2.89. The smallest absolute Gasteiger partial charge is 0.254 e. The van der Waals surface area contributed by atoms with E-state index in [1.165, 1.54) is 25.9 Å². The number of rotatable bonds is 5. The number of hydrogen-bond acceptors (Lipinski definition) is 3. The van der Waals surface area contributed by atoms with E-state index < -0.39 is 0 Å². The van der Waals surface area contributed by atoms with Gasteiger partial charge < -0.3 is 10.2 Å². The minimum Gasteiger partial charge on any atom is -0.352 e. The molecule has 1 atom stereocenters. The highest BCUT2D eigenvalue weighted by molar-refractivity contribution is 6.34. The Morgan fingerprint density at radius 1 is 1.40 bits per heavy atom. The number of carbonyl (C=O) groups excluding carboxylic acids is 1. The molecule has 0 aromatic carbocycles. The van der Waals surface area contributed by atoms with Gasteiger partial charge in [-0.3, -0.25) is 4.79 Å². The summed E-state index contributed by atoms with van der Waals surface area (Å²) in [6, 6.07) is 3.16. The van der Waals surface area contributed by atoms with Crippen molar-refractivity contribution >= 4 is 29.1 Å². The molecule has 2 heterocycles. The molecule has 0 aliphatic carbocycles. The molecular weight excluding hydrogens is 297 g/mol. The van der Waals surface area contributed by atoms with Crippen LogP contribution in [-0.4, -0.2) is 42.0 Å². The Morgan fingerprint density at radius 2 is 2.10 bits per heavy atom. The number of nitrogens with zero attached hydrogens (tertiary/aromatic N) is 2. The lowest BCUT2D eigenvalue weighted by Crippen LogP contribution is -2.34. The molecule has 1 N–H and O–H groups in total. The van der Waals surface area contributed by atoms with Crippen LogP contribution in [0.15, 0.2) is 12.1 Å². The SMILES string of the molecule is CC(CNC(=O)c1ccc(Cl)nc1Cl)CN1CCCC1. The normalized spacial score (nSPS) is 17.1. The van der Waals surface area contributed by atoms with Gasteiger partial charge in [0.05, 0.1) is 5.56 Å². The van der Waals surface area contributed by atoms with Gasteiger partial charge >= 0.3 is 0 Å². The lowest BCUT2D eigenvalue weighted by Gasteiger charge is -2.20. The highest BCUT2D eigenvalue weighted by atomic mass is 35.5. The van der Waals surface area contributed by atoms with E-state index in [0.717, 1.165) is 6.54 Å². The monoisotopic (exact) mass is 315 g/mol. The molecule has 6 heteroatoms. The largest absolute Gasteiger partial charge is 0.352 e. The van der Waals surface area contributed by atoms with Crippen molar-refractivity contribution in [2.75, 3.05) is 26.2 Å². The first kappa shape index (κ1) is 15.5. The van der Waals surface area contributed by atoms with Gasteiger partial charge in [-0.2, -0.15) is 0 Å². The molecule has 0 saturated carbocycles. The first-order chi connectivity index (χ1) is 9.56. The molecule has 0 spiro atoms. The number of carbonyl (C=O) groups is 1. The van der Waals surface area contributed by atoms with Crippen LogP contribution in [0.5, 0.6) is 0 Å². The summed E-state index contributed by atoms with van der Waals surface area (Å²) in [5.74, 6) is 0.212. The van der Waals surface area contributed by atoms with Crippen LogP contribution >= 0.6 is 23.2 Å². The van der Waals surface area contributed by atoms with Crippen LogP contribution < -0.4 is 5.32 Å². The van der Waals surface area contributed by atoms with E-state index >= 15 is 0 Å². The molecule has 0 radical (unpaired) electrons. The zero-order valence-corrected chi connectivity index (χ0v) is 13.0. The second-order valence-corrected chi connectivity index (χ2v) is 6.04. The van der Waals surface area contributed by atoms with E-state index in [4.69, 9.17) is 23.2 Å². The van der Waals surface area contributed by atoms with Crippen LogP contribution in [0, 0.1) is 5.92 Å². The number of hydrogen-bond donors (Lipinski definition) is 1. The van der Waals surface area contributed by atoms with E-state index in [9.17, 15) is 4.79 Å². The topological polar surface area (TPSA) is 45.2 Å². The molecule has 20 heavy (non-hydrogen) atoms. The molecule has 0 bridgehead atoms. The van der Waals surface area contributed by atoms with Gasteiger partial charge in [0.15, 0.2) is 0 Å². The fourth-order valence-corrected chi connectivity index (χ4v) is 2.84. The third kappa shape index (κ3) is 4.33. The summed E-state index contributed by atoms with van der Waals surface area (Å²) in [5.41, 5.74) is 0.365. The van der Waals surface area contributed by atoms with Crippen molar-refractivity contribution in [3.05, 3.63) is 28.0 Å².